The molecule has 0 spiro atoms. The lowest BCUT2D eigenvalue weighted by Gasteiger charge is -2.12. The van der Waals surface area contributed by atoms with Crippen LogP contribution in [-0.2, 0) is 7.05 Å². The molecule has 0 aliphatic carbocycles. The van der Waals surface area contributed by atoms with Gasteiger partial charge in [0.05, 0.1) is 0 Å². The fourth-order valence-corrected chi connectivity index (χ4v) is 2.37. The van der Waals surface area contributed by atoms with Gasteiger partial charge in [0.15, 0.2) is 0 Å². The predicted octanol–water partition coefficient (Wildman–Crippen LogP) is 4.22. The van der Waals surface area contributed by atoms with Gasteiger partial charge in [0.1, 0.15) is 11.3 Å². The van der Waals surface area contributed by atoms with Crippen LogP contribution in [0.4, 0.5) is 4.39 Å². The number of hydrogen-bond acceptors (Lipinski definition) is 1. The zero-order valence-electron chi connectivity index (χ0n) is 12.7. The lowest BCUT2D eigenvalue weighted by Crippen LogP contribution is -2.16. The summed E-state index contributed by atoms with van der Waals surface area (Å²) >= 11 is 0. The van der Waals surface area contributed by atoms with E-state index >= 15 is 0 Å². The predicted molar refractivity (Wildman–Crippen MR) is 86.0 cm³/mol. The molecular weight excluding hydrogens is 263 g/mol. The molecule has 0 saturated carbocycles. The number of aromatic nitrogens is 1. The van der Waals surface area contributed by atoms with E-state index < -0.39 is 0 Å². The minimum Gasteiger partial charge on any atom is -0.336 e. The van der Waals surface area contributed by atoms with Crippen molar-refractivity contribution in [3.63, 3.8) is 0 Å². The molecule has 108 valence electrons. The Kier molecular flexibility index (Phi) is 4.22. The standard InChI is InChI=1S/C18H19FN2/c1-6-20-16-11-14(9-10-21(16)5)15-8-7-13(4)17(12(2)3)18(15)19/h6-11H,1-2H2,3-5H3. The average Bonchev–Trinajstić information content (AvgIpc) is 2.41. The Labute approximate surface area is 124 Å². The van der Waals surface area contributed by atoms with E-state index in [0.29, 0.717) is 11.1 Å². The Morgan fingerprint density at radius 3 is 2.67 bits per heavy atom. The molecule has 0 atom stereocenters. The number of hydrogen-bond donors (Lipinski definition) is 0. The van der Waals surface area contributed by atoms with Crippen molar-refractivity contribution in [2.75, 3.05) is 0 Å². The minimum atomic E-state index is -0.235. The molecule has 1 aromatic heterocycles. The van der Waals surface area contributed by atoms with Gasteiger partial charge >= 0.3 is 0 Å². The molecule has 0 fully saturated rings. The SMILES string of the molecule is C=CN=c1cc(-c2ccc(C)c(C(=C)C)c2F)ccn1C. The Morgan fingerprint density at radius 2 is 2.05 bits per heavy atom. The van der Waals surface area contributed by atoms with Gasteiger partial charge in [0.25, 0.3) is 0 Å². The van der Waals surface area contributed by atoms with Crippen LogP contribution in [0.1, 0.15) is 18.1 Å². The first kappa shape index (κ1) is 15.0. The number of nitrogens with zero attached hydrogens (tertiary/aromatic N) is 2. The number of aryl methyl sites for hydroxylation is 2. The summed E-state index contributed by atoms with van der Waals surface area (Å²) in [6, 6.07) is 7.43. The Balaban J connectivity index is 2.71. The highest BCUT2D eigenvalue weighted by Gasteiger charge is 2.13. The first-order valence-corrected chi connectivity index (χ1v) is 6.72. The quantitative estimate of drug-likeness (QED) is 0.802. The Bertz CT molecular complexity index is 782. The molecule has 0 amide bonds. The second-order valence-corrected chi connectivity index (χ2v) is 5.10. The number of benzene rings is 1. The molecule has 0 aliphatic rings. The van der Waals surface area contributed by atoms with Crippen LogP contribution < -0.4 is 5.49 Å². The van der Waals surface area contributed by atoms with E-state index in [9.17, 15) is 4.39 Å². The van der Waals surface area contributed by atoms with Crippen LogP contribution in [0.15, 0.2) is 54.8 Å². The van der Waals surface area contributed by atoms with Crippen LogP contribution in [0.5, 0.6) is 0 Å². The van der Waals surface area contributed by atoms with Crippen LogP contribution >= 0.6 is 0 Å². The summed E-state index contributed by atoms with van der Waals surface area (Å²) in [5.74, 6) is -0.235. The highest BCUT2D eigenvalue weighted by Crippen LogP contribution is 2.29. The average molecular weight is 282 g/mol. The van der Waals surface area contributed by atoms with Crippen LogP contribution in [-0.4, -0.2) is 4.57 Å². The molecule has 2 nitrogen and oxygen atoms in total. The molecule has 2 rings (SSSR count). The van der Waals surface area contributed by atoms with E-state index in [-0.39, 0.29) is 5.82 Å². The third kappa shape index (κ3) is 2.87. The molecule has 1 aromatic carbocycles. The monoisotopic (exact) mass is 282 g/mol. The van der Waals surface area contributed by atoms with Gasteiger partial charge in [-0.1, -0.05) is 25.3 Å². The maximum atomic E-state index is 14.8. The molecule has 0 unspecified atom stereocenters. The summed E-state index contributed by atoms with van der Waals surface area (Å²) in [5.41, 5.74) is 4.27. The Morgan fingerprint density at radius 1 is 1.33 bits per heavy atom. The number of halogens is 1. The molecular formula is C18H19FN2. The van der Waals surface area contributed by atoms with Crippen molar-refractivity contribution in [1.29, 1.82) is 0 Å². The summed E-state index contributed by atoms with van der Waals surface area (Å²) < 4.78 is 16.6. The van der Waals surface area contributed by atoms with E-state index in [1.54, 1.807) is 6.07 Å². The van der Waals surface area contributed by atoms with Crippen molar-refractivity contribution >= 4 is 5.57 Å². The maximum absolute atomic E-state index is 14.8. The van der Waals surface area contributed by atoms with Gasteiger partial charge in [0.2, 0.25) is 0 Å². The van der Waals surface area contributed by atoms with Gasteiger partial charge in [-0.2, -0.15) is 0 Å². The molecule has 1 heterocycles. The van der Waals surface area contributed by atoms with Crippen LogP contribution in [0.2, 0.25) is 0 Å². The fraction of sp³-hybridized carbons (Fsp3) is 0.167. The first-order chi connectivity index (χ1) is 9.95. The third-order valence-electron chi connectivity index (χ3n) is 3.44. The van der Waals surface area contributed by atoms with Crippen molar-refractivity contribution in [3.8, 4) is 11.1 Å². The van der Waals surface area contributed by atoms with Crippen molar-refractivity contribution < 1.29 is 4.39 Å². The van der Waals surface area contributed by atoms with Gasteiger partial charge in [-0.05, 0) is 42.7 Å². The highest BCUT2D eigenvalue weighted by molar-refractivity contribution is 5.73. The minimum absolute atomic E-state index is 0.235. The summed E-state index contributed by atoms with van der Waals surface area (Å²) in [5, 5.41) is 0. The van der Waals surface area contributed by atoms with E-state index in [2.05, 4.69) is 18.2 Å². The molecule has 0 bridgehead atoms. The largest absolute Gasteiger partial charge is 0.336 e. The number of pyridine rings is 1. The molecule has 0 N–H and O–H groups in total. The molecule has 0 radical (unpaired) electrons. The van der Waals surface area contributed by atoms with Gasteiger partial charge in [-0.3, -0.25) is 0 Å². The van der Waals surface area contributed by atoms with Crippen molar-refractivity contribution in [2.24, 2.45) is 12.0 Å². The zero-order chi connectivity index (χ0) is 15.6. The van der Waals surface area contributed by atoms with Crippen molar-refractivity contribution in [3.05, 3.63) is 72.3 Å². The smallest absolute Gasteiger partial charge is 0.138 e. The van der Waals surface area contributed by atoms with E-state index in [1.165, 1.54) is 6.20 Å². The summed E-state index contributed by atoms with van der Waals surface area (Å²) in [4.78, 5) is 4.18. The van der Waals surface area contributed by atoms with Gasteiger partial charge in [-0.25, -0.2) is 9.38 Å². The fourth-order valence-electron chi connectivity index (χ4n) is 2.37. The second-order valence-electron chi connectivity index (χ2n) is 5.10. The van der Waals surface area contributed by atoms with Crippen LogP contribution in [0.25, 0.3) is 16.7 Å². The zero-order valence-corrected chi connectivity index (χ0v) is 12.7. The van der Waals surface area contributed by atoms with E-state index in [1.807, 2.05) is 49.9 Å². The lowest BCUT2D eigenvalue weighted by atomic mass is 9.96. The molecule has 21 heavy (non-hydrogen) atoms. The highest BCUT2D eigenvalue weighted by atomic mass is 19.1. The molecule has 2 aromatic rings. The topological polar surface area (TPSA) is 17.3 Å². The first-order valence-electron chi connectivity index (χ1n) is 6.72. The third-order valence-corrected chi connectivity index (χ3v) is 3.44. The number of rotatable bonds is 3. The van der Waals surface area contributed by atoms with Gasteiger partial charge in [-0.15, -0.1) is 0 Å². The second kappa shape index (κ2) is 5.92. The van der Waals surface area contributed by atoms with Crippen molar-refractivity contribution in [1.82, 2.24) is 4.57 Å². The van der Waals surface area contributed by atoms with Gasteiger partial charge < -0.3 is 4.57 Å². The van der Waals surface area contributed by atoms with Gasteiger partial charge in [0, 0.05) is 30.6 Å². The van der Waals surface area contributed by atoms with Crippen LogP contribution in [0.3, 0.4) is 0 Å². The van der Waals surface area contributed by atoms with Crippen molar-refractivity contribution in [2.45, 2.75) is 13.8 Å². The maximum Gasteiger partial charge on any atom is 0.138 e. The number of allylic oxidation sites excluding steroid dienone is 1. The Hall–Kier alpha value is -2.42. The lowest BCUT2D eigenvalue weighted by molar-refractivity contribution is 0.626. The molecule has 0 saturated heterocycles. The van der Waals surface area contributed by atoms with E-state index in [0.717, 1.165) is 22.2 Å². The normalized spacial score (nSPS) is 11.5. The summed E-state index contributed by atoms with van der Waals surface area (Å²) in [6.45, 7) is 11.2. The van der Waals surface area contributed by atoms with E-state index in [4.69, 9.17) is 0 Å². The summed E-state index contributed by atoms with van der Waals surface area (Å²) in [7, 11) is 1.89. The molecule has 3 heteroatoms. The molecule has 0 aliphatic heterocycles. The van der Waals surface area contributed by atoms with Crippen LogP contribution in [0, 0.1) is 12.7 Å². The summed E-state index contributed by atoms with van der Waals surface area (Å²) in [6.07, 6.45) is 3.33.